The Bertz CT molecular complexity index is 1510. The molecule has 0 aliphatic heterocycles. The molecule has 1 amide bonds. The summed E-state index contributed by atoms with van der Waals surface area (Å²) in [6.45, 7) is 1.96. The van der Waals surface area contributed by atoms with Gasteiger partial charge in [-0.25, -0.2) is 9.97 Å². The molecule has 170 valence electrons. The molecule has 0 saturated heterocycles. The number of imidazole rings is 1. The lowest BCUT2D eigenvalue weighted by Crippen LogP contribution is -2.27. The van der Waals surface area contributed by atoms with Gasteiger partial charge in [-0.05, 0) is 42.3 Å². The van der Waals surface area contributed by atoms with Crippen molar-refractivity contribution in [2.45, 2.75) is 19.5 Å². The lowest BCUT2D eigenvalue weighted by molar-refractivity contribution is 0.0945. The second-order valence-electron chi connectivity index (χ2n) is 8.04. The van der Waals surface area contributed by atoms with Crippen molar-refractivity contribution in [3.8, 4) is 0 Å². The van der Waals surface area contributed by atoms with Gasteiger partial charge in [-0.15, -0.1) is 0 Å². The van der Waals surface area contributed by atoms with E-state index in [0.717, 1.165) is 30.9 Å². The highest BCUT2D eigenvalue weighted by Crippen LogP contribution is 2.09. The van der Waals surface area contributed by atoms with Crippen molar-refractivity contribution in [2.75, 3.05) is 6.54 Å². The zero-order valence-corrected chi connectivity index (χ0v) is 18.5. The highest BCUT2D eigenvalue weighted by Gasteiger charge is 2.11. The number of aromatic nitrogens is 4. The highest BCUT2D eigenvalue weighted by atomic mass is 16.2. The molecule has 5 rings (SSSR count). The minimum absolute atomic E-state index is 0.0882. The van der Waals surface area contributed by atoms with Gasteiger partial charge >= 0.3 is 0 Å². The molecule has 0 spiro atoms. The molecule has 1 aromatic carbocycles. The number of carbonyl (C=O) groups is 1. The van der Waals surface area contributed by atoms with Gasteiger partial charge in [-0.3, -0.25) is 14.0 Å². The zero-order chi connectivity index (χ0) is 23.3. The number of carbonyl (C=O) groups excluding carboxylic acids is 1. The largest absolute Gasteiger partial charge is 0.345 e. The predicted octanol–water partition coefficient (Wildman–Crippen LogP) is 2.60. The Balaban J connectivity index is 1.19. The number of hydrogen-bond donors (Lipinski definition) is 2. The van der Waals surface area contributed by atoms with Crippen LogP contribution in [0.25, 0.3) is 11.3 Å². The van der Waals surface area contributed by atoms with Crippen LogP contribution in [0.3, 0.4) is 0 Å². The average Bonchev–Trinajstić information content (AvgIpc) is 3.28. The molecule has 0 saturated carbocycles. The van der Waals surface area contributed by atoms with Crippen LogP contribution in [0.1, 0.15) is 27.3 Å². The molecule has 34 heavy (non-hydrogen) atoms. The summed E-state index contributed by atoms with van der Waals surface area (Å²) < 4.78 is 3.36. The van der Waals surface area contributed by atoms with E-state index >= 15 is 0 Å². The molecule has 4 heterocycles. The third kappa shape index (κ3) is 4.87. The van der Waals surface area contributed by atoms with Crippen molar-refractivity contribution in [2.24, 2.45) is 0 Å². The van der Waals surface area contributed by atoms with Crippen LogP contribution in [0.2, 0.25) is 0 Å². The Morgan fingerprint density at radius 3 is 2.59 bits per heavy atom. The molecule has 5 aromatic rings. The van der Waals surface area contributed by atoms with Crippen molar-refractivity contribution in [3.63, 3.8) is 0 Å². The van der Waals surface area contributed by atoms with Gasteiger partial charge in [0.1, 0.15) is 17.0 Å². The second kappa shape index (κ2) is 9.68. The van der Waals surface area contributed by atoms with E-state index in [-0.39, 0.29) is 17.8 Å². The summed E-state index contributed by atoms with van der Waals surface area (Å²) in [4.78, 5) is 33.6. The fourth-order valence-corrected chi connectivity index (χ4v) is 3.82. The lowest BCUT2D eigenvalue weighted by atomic mass is 10.2. The van der Waals surface area contributed by atoms with Crippen LogP contribution in [-0.4, -0.2) is 31.2 Å². The van der Waals surface area contributed by atoms with Crippen molar-refractivity contribution in [3.05, 3.63) is 118 Å². The van der Waals surface area contributed by atoms with Crippen LogP contribution in [0.15, 0.2) is 90.1 Å². The van der Waals surface area contributed by atoms with E-state index in [1.54, 1.807) is 24.4 Å². The Hall–Kier alpha value is -4.30. The molecular weight excluding hydrogens is 428 g/mol. The van der Waals surface area contributed by atoms with E-state index in [2.05, 4.69) is 45.0 Å². The molecule has 0 aliphatic carbocycles. The van der Waals surface area contributed by atoms with Gasteiger partial charge in [-0.2, -0.15) is 0 Å². The summed E-state index contributed by atoms with van der Waals surface area (Å²) in [5.74, 6) is -0.411. The van der Waals surface area contributed by atoms with E-state index in [1.807, 2.05) is 34.9 Å². The van der Waals surface area contributed by atoms with Gasteiger partial charge in [0.25, 0.3) is 11.5 Å². The van der Waals surface area contributed by atoms with Crippen LogP contribution in [0.5, 0.6) is 0 Å². The molecule has 0 radical (unpaired) electrons. The summed E-state index contributed by atoms with van der Waals surface area (Å²) in [7, 11) is 0. The van der Waals surface area contributed by atoms with Crippen LogP contribution < -0.4 is 16.2 Å². The lowest BCUT2D eigenvalue weighted by Gasteiger charge is -2.05. The maximum atomic E-state index is 12.6. The second-order valence-corrected chi connectivity index (χ2v) is 8.04. The van der Waals surface area contributed by atoms with E-state index in [4.69, 9.17) is 0 Å². The van der Waals surface area contributed by atoms with Gasteiger partial charge in [-0.1, -0.05) is 42.5 Å². The fourth-order valence-electron chi connectivity index (χ4n) is 3.82. The average molecular weight is 453 g/mol. The number of nitrogens with one attached hydrogen (secondary N) is 2. The number of hydrogen-bond acceptors (Lipinski definition) is 5. The number of rotatable bonds is 8. The topological polar surface area (TPSA) is 92.8 Å². The van der Waals surface area contributed by atoms with Gasteiger partial charge in [0.05, 0.1) is 12.2 Å². The molecule has 0 bridgehead atoms. The Morgan fingerprint density at radius 2 is 1.71 bits per heavy atom. The van der Waals surface area contributed by atoms with Crippen LogP contribution in [-0.2, 0) is 19.5 Å². The molecule has 4 aromatic heterocycles. The first kappa shape index (κ1) is 21.5. The van der Waals surface area contributed by atoms with E-state index in [9.17, 15) is 9.59 Å². The van der Waals surface area contributed by atoms with Crippen molar-refractivity contribution in [1.82, 2.24) is 29.4 Å². The van der Waals surface area contributed by atoms with Gasteiger partial charge in [0.2, 0.25) is 0 Å². The number of amides is 1. The molecule has 8 heteroatoms. The Labute approximate surface area is 195 Å². The van der Waals surface area contributed by atoms with Crippen molar-refractivity contribution < 1.29 is 4.79 Å². The molecule has 8 nitrogen and oxygen atoms in total. The van der Waals surface area contributed by atoms with Crippen molar-refractivity contribution in [1.29, 1.82) is 0 Å². The zero-order valence-electron chi connectivity index (χ0n) is 18.5. The molecular formula is C26H24N6O2. The minimum Gasteiger partial charge on any atom is -0.345 e. The Morgan fingerprint density at radius 1 is 0.853 bits per heavy atom. The first-order valence-corrected chi connectivity index (χ1v) is 11.1. The Kier molecular flexibility index (Phi) is 6.13. The van der Waals surface area contributed by atoms with Gasteiger partial charge in [0.15, 0.2) is 0 Å². The summed E-state index contributed by atoms with van der Waals surface area (Å²) in [5, 5.41) is 6.27. The molecule has 0 unspecified atom stereocenters. The van der Waals surface area contributed by atoms with E-state index in [1.165, 1.54) is 21.6 Å². The summed E-state index contributed by atoms with van der Waals surface area (Å²) in [6, 6.07) is 20.8. The first-order valence-electron chi connectivity index (χ1n) is 11.1. The fraction of sp³-hybridized carbons (Fsp3) is 0.154. The molecule has 2 N–H and O–H groups in total. The standard InChI is InChI=1S/C26H24N6O2/c33-25-14-22(30-24-8-4-5-13-32(24)25)26(34)28-16-21-18-31-17-20(9-10-23(31)29-21)11-12-27-15-19-6-2-1-3-7-19/h1-10,13-14,17-18,27H,11-12,15-16H2,(H,28,34). The third-order valence-electron chi connectivity index (χ3n) is 5.56. The SMILES string of the molecule is O=C(NCc1cn2cc(CCNCc3ccccc3)ccc2n1)c1cc(=O)n2ccccc2n1. The van der Waals surface area contributed by atoms with Gasteiger partial charge in [0, 0.05) is 31.2 Å². The summed E-state index contributed by atoms with van der Waals surface area (Å²) in [6.07, 6.45) is 6.48. The van der Waals surface area contributed by atoms with Crippen LogP contribution in [0, 0.1) is 0 Å². The first-order chi connectivity index (χ1) is 16.7. The van der Waals surface area contributed by atoms with E-state index in [0.29, 0.717) is 5.65 Å². The van der Waals surface area contributed by atoms with Crippen molar-refractivity contribution >= 4 is 17.2 Å². The number of pyridine rings is 2. The van der Waals surface area contributed by atoms with Crippen LogP contribution >= 0.6 is 0 Å². The minimum atomic E-state index is -0.411. The molecule has 0 aliphatic rings. The molecule has 0 fully saturated rings. The third-order valence-corrected chi connectivity index (χ3v) is 5.56. The normalized spacial score (nSPS) is 11.2. The summed E-state index contributed by atoms with van der Waals surface area (Å²) in [5.41, 5.74) is 4.22. The number of benzene rings is 1. The summed E-state index contributed by atoms with van der Waals surface area (Å²) >= 11 is 0. The number of nitrogens with zero attached hydrogens (tertiary/aromatic N) is 4. The monoisotopic (exact) mass is 452 g/mol. The maximum absolute atomic E-state index is 12.6. The van der Waals surface area contributed by atoms with E-state index < -0.39 is 5.91 Å². The number of fused-ring (bicyclic) bond motifs is 2. The predicted molar refractivity (Wildman–Crippen MR) is 130 cm³/mol. The maximum Gasteiger partial charge on any atom is 0.270 e. The van der Waals surface area contributed by atoms with Gasteiger partial charge < -0.3 is 15.0 Å². The van der Waals surface area contributed by atoms with Crippen LogP contribution in [0.4, 0.5) is 0 Å². The smallest absolute Gasteiger partial charge is 0.270 e. The molecule has 0 atom stereocenters. The highest BCUT2D eigenvalue weighted by molar-refractivity contribution is 5.92. The quantitative estimate of drug-likeness (QED) is 0.353.